The Bertz CT molecular complexity index is 738. The van der Waals surface area contributed by atoms with E-state index < -0.39 is 15.8 Å². The number of hydrogen-bond donors (Lipinski definition) is 2. The second kappa shape index (κ2) is 5.83. The highest BCUT2D eigenvalue weighted by Gasteiger charge is 2.18. The minimum Gasteiger partial charge on any atom is -0.324 e. The molecule has 0 heterocycles. The van der Waals surface area contributed by atoms with E-state index in [4.69, 9.17) is 5.73 Å². The fourth-order valence-electron chi connectivity index (χ4n) is 1.92. The van der Waals surface area contributed by atoms with Crippen molar-refractivity contribution in [2.75, 3.05) is 4.72 Å². The highest BCUT2D eigenvalue weighted by molar-refractivity contribution is 7.92. The van der Waals surface area contributed by atoms with Crippen molar-refractivity contribution in [3.8, 4) is 0 Å². The lowest BCUT2D eigenvalue weighted by Crippen LogP contribution is -2.16. The average Bonchev–Trinajstić information content (AvgIpc) is 2.43. The van der Waals surface area contributed by atoms with Gasteiger partial charge in [-0.3, -0.25) is 4.72 Å². The topological polar surface area (TPSA) is 72.2 Å². The minimum absolute atomic E-state index is 0.0382. The number of halogens is 1. The number of rotatable bonds is 4. The molecule has 0 spiro atoms. The lowest BCUT2D eigenvalue weighted by atomic mass is 10.1. The molecule has 2 aromatic rings. The molecular weight excluding hydrogens is 291 g/mol. The van der Waals surface area contributed by atoms with Crippen molar-refractivity contribution in [1.82, 2.24) is 0 Å². The van der Waals surface area contributed by atoms with E-state index in [1.54, 1.807) is 32.0 Å². The first-order chi connectivity index (χ1) is 9.81. The second-order valence-corrected chi connectivity index (χ2v) is 6.58. The third-order valence-electron chi connectivity index (χ3n) is 3.15. The van der Waals surface area contributed by atoms with E-state index in [-0.39, 0.29) is 16.6 Å². The van der Waals surface area contributed by atoms with Gasteiger partial charge >= 0.3 is 0 Å². The largest absolute Gasteiger partial charge is 0.324 e. The van der Waals surface area contributed by atoms with Crippen LogP contribution in [0.1, 0.15) is 24.1 Å². The van der Waals surface area contributed by atoms with E-state index in [9.17, 15) is 12.8 Å². The van der Waals surface area contributed by atoms with Gasteiger partial charge in [0.05, 0.1) is 10.6 Å². The van der Waals surface area contributed by atoms with Crippen LogP contribution in [0.2, 0.25) is 0 Å². The number of benzene rings is 2. The Morgan fingerprint density at radius 3 is 2.48 bits per heavy atom. The van der Waals surface area contributed by atoms with Crippen LogP contribution in [0.5, 0.6) is 0 Å². The van der Waals surface area contributed by atoms with Crippen LogP contribution in [0.15, 0.2) is 47.4 Å². The number of hydrogen-bond acceptors (Lipinski definition) is 3. The third kappa shape index (κ3) is 3.40. The zero-order valence-electron chi connectivity index (χ0n) is 11.8. The zero-order valence-corrected chi connectivity index (χ0v) is 12.6. The molecule has 2 rings (SSSR count). The Morgan fingerprint density at radius 1 is 1.19 bits per heavy atom. The first kappa shape index (κ1) is 15.5. The molecule has 0 aliphatic carbocycles. The normalized spacial score (nSPS) is 13.0. The van der Waals surface area contributed by atoms with Gasteiger partial charge in [-0.25, -0.2) is 12.8 Å². The van der Waals surface area contributed by atoms with Gasteiger partial charge in [-0.1, -0.05) is 24.3 Å². The highest BCUT2D eigenvalue weighted by atomic mass is 32.2. The van der Waals surface area contributed by atoms with Crippen molar-refractivity contribution < 1.29 is 12.8 Å². The number of nitrogens with two attached hydrogens (primary N) is 1. The Morgan fingerprint density at radius 2 is 1.86 bits per heavy atom. The molecule has 0 saturated carbocycles. The molecule has 2 aromatic carbocycles. The monoisotopic (exact) mass is 308 g/mol. The fraction of sp³-hybridized carbons (Fsp3) is 0.200. The third-order valence-corrected chi connectivity index (χ3v) is 4.50. The van der Waals surface area contributed by atoms with E-state index in [1.807, 2.05) is 0 Å². The van der Waals surface area contributed by atoms with Crippen molar-refractivity contribution >= 4 is 15.7 Å². The summed E-state index contributed by atoms with van der Waals surface area (Å²) in [5.41, 5.74) is 6.93. The molecule has 0 radical (unpaired) electrons. The van der Waals surface area contributed by atoms with E-state index in [2.05, 4.69) is 4.72 Å². The van der Waals surface area contributed by atoms with Gasteiger partial charge in [0.2, 0.25) is 0 Å². The molecule has 0 aromatic heterocycles. The molecule has 0 saturated heterocycles. The van der Waals surface area contributed by atoms with E-state index >= 15 is 0 Å². The quantitative estimate of drug-likeness (QED) is 0.912. The molecule has 4 nitrogen and oxygen atoms in total. The van der Waals surface area contributed by atoms with Gasteiger partial charge in [-0.2, -0.15) is 0 Å². The maximum atomic E-state index is 13.8. The standard InChI is InChI=1S/C15H17FN2O2S/c1-10-5-3-8-14(16)15(10)18-21(19,20)13-7-4-6-12(9-13)11(2)17/h3-9,11,18H,17H2,1-2H3. The van der Waals surface area contributed by atoms with Gasteiger partial charge in [0, 0.05) is 6.04 Å². The number of para-hydroxylation sites is 1. The van der Waals surface area contributed by atoms with Gasteiger partial charge in [0.25, 0.3) is 10.0 Å². The SMILES string of the molecule is Cc1cccc(F)c1NS(=O)(=O)c1cccc(C(C)N)c1. The highest BCUT2D eigenvalue weighted by Crippen LogP contribution is 2.24. The van der Waals surface area contributed by atoms with Crippen molar-refractivity contribution in [2.45, 2.75) is 24.8 Å². The fourth-order valence-corrected chi connectivity index (χ4v) is 3.11. The number of nitrogens with one attached hydrogen (secondary N) is 1. The lowest BCUT2D eigenvalue weighted by Gasteiger charge is -2.13. The predicted octanol–water partition coefficient (Wildman–Crippen LogP) is 2.95. The Kier molecular flexibility index (Phi) is 4.29. The maximum Gasteiger partial charge on any atom is 0.262 e. The summed E-state index contributed by atoms with van der Waals surface area (Å²) in [5, 5.41) is 0. The molecular formula is C15H17FN2O2S. The Balaban J connectivity index is 2.41. The van der Waals surface area contributed by atoms with E-state index in [0.29, 0.717) is 11.1 Å². The molecule has 1 unspecified atom stereocenters. The Hall–Kier alpha value is -1.92. The number of aryl methyl sites for hydroxylation is 1. The van der Waals surface area contributed by atoms with Crippen LogP contribution in [-0.4, -0.2) is 8.42 Å². The summed E-state index contributed by atoms with van der Waals surface area (Å²) in [7, 11) is -3.86. The molecule has 6 heteroatoms. The molecule has 3 N–H and O–H groups in total. The average molecular weight is 308 g/mol. The summed E-state index contributed by atoms with van der Waals surface area (Å²) in [5.74, 6) is -0.609. The summed E-state index contributed by atoms with van der Waals surface area (Å²) < 4.78 is 40.8. The van der Waals surface area contributed by atoms with Gasteiger partial charge in [0.1, 0.15) is 5.82 Å². The van der Waals surface area contributed by atoms with Crippen LogP contribution < -0.4 is 10.5 Å². The first-order valence-corrected chi connectivity index (χ1v) is 7.93. The van der Waals surface area contributed by atoms with Gasteiger partial charge in [-0.15, -0.1) is 0 Å². The van der Waals surface area contributed by atoms with Crippen LogP contribution in [0.25, 0.3) is 0 Å². The van der Waals surface area contributed by atoms with Crippen molar-refractivity contribution in [2.24, 2.45) is 5.73 Å². The molecule has 1 atom stereocenters. The first-order valence-electron chi connectivity index (χ1n) is 6.45. The molecule has 0 aliphatic rings. The van der Waals surface area contributed by atoms with Crippen LogP contribution in [-0.2, 0) is 10.0 Å². The smallest absolute Gasteiger partial charge is 0.262 e. The van der Waals surface area contributed by atoms with Crippen molar-refractivity contribution in [1.29, 1.82) is 0 Å². The molecule has 0 aliphatic heterocycles. The number of anilines is 1. The van der Waals surface area contributed by atoms with Crippen LogP contribution in [0.4, 0.5) is 10.1 Å². The molecule has 0 bridgehead atoms. The molecule has 0 fully saturated rings. The lowest BCUT2D eigenvalue weighted by molar-refractivity contribution is 0.598. The van der Waals surface area contributed by atoms with E-state index in [0.717, 1.165) is 0 Å². The van der Waals surface area contributed by atoms with Crippen LogP contribution in [0, 0.1) is 12.7 Å². The zero-order chi connectivity index (χ0) is 15.6. The van der Waals surface area contributed by atoms with Gasteiger partial charge < -0.3 is 5.73 Å². The minimum atomic E-state index is -3.86. The van der Waals surface area contributed by atoms with Crippen molar-refractivity contribution in [3.05, 3.63) is 59.4 Å². The second-order valence-electron chi connectivity index (χ2n) is 4.90. The summed E-state index contributed by atoms with van der Waals surface area (Å²) in [4.78, 5) is 0.0555. The summed E-state index contributed by atoms with van der Waals surface area (Å²) in [6, 6.07) is 10.4. The Labute approximate surface area is 123 Å². The van der Waals surface area contributed by atoms with Gasteiger partial charge in [0.15, 0.2) is 0 Å². The molecule has 0 amide bonds. The van der Waals surface area contributed by atoms with Crippen molar-refractivity contribution in [3.63, 3.8) is 0 Å². The predicted molar refractivity (Wildman–Crippen MR) is 81.0 cm³/mol. The maximum absolute atomic E-state index is 13.8. The summed E-state index contributed by atoms with van der Waals surface area (Å²) in [6.07, 6.45) is 0. The molecule has 21 heavy (non-hydrogen) atoms. The number of sulfonamides is 1. The summed E-state index contributed by atoms with van der Waals surface area (Å²) in [6.45, 7) is 3.40. The van der Waals surface area contributed by atoms with E-state index in [1.165, 1.54) is 24.3 Å². The summed E-state index contributed by atoms with van der Waals surface area (Å²) >= 11 is 0. The van der Waals surface area contributed by atoms with Crippen LogP contribution >= 0.6 is 0 Å². The van der Waals surface area contributed by atoms with Gasteiger partial charge in [-0.05, 0) is 43.2 Å². The molecule has 112 valence electrons. The van der Waals surface area contributed by atoms with Crippen LogP contribution in [0.3, 0.4) is 0 Å².